The molecule has 3 heterocycles. The fourth-order valence-electron chi connectivity index (χ4n) is 3.86. The lowest BCUT2D eigenvalue weighted by atomic mass is 9.90. The molecule has 2 fully saturated rings. The molecule has 25 heavy (non-hydrogen) atoms. The minimum atomic E-state index is 0.587. The summed E-state index contributed by atoms with van der Waals surface area (Å²) in [6.07, 6.45) is 11.5. The summed E-state index contributed by atoms with van der Waals surface area (Å²) in [5, 5.41) is 0.587. The number of hydrogen-bond donors (Lipinski definition) is 0. The van der Waals surface area contributed by atoms with E-state index in [4.69, 9.17) is 16.3 Å². The van der Waals surface area contributed by atoms with E-state index in [1.807, 2.05) is 0 Å². The highest BCUT2D eigenvalue weighted by atomic mass is 35.5. The Kier molecular flexibility index (Phi) is 4.97. The van der Waals surface area contributed by atoms with Crippen LogP contribution < -0.4 is 9.64 Å². The third-order valence-corrected chi connectivity index (χ3v) is 5.50. The maximum absolute atomic E-state index is 5.86. The first-order valence-electron chi connectivity index (χ1n) is 8.91. The highest BCUT2D eigenvalue weighted by molar-refractivity contribution is 6.30. The molecular weight excluding hydrogens is 338 g/mol. The lowest BCUT2D eigenvalue weighted by Gasteiger charge is -2.32. The van der Waals surface area contributed by atoms with E-state index in [9.17, 15) is 0 Å². The number of nitrogens with zero attached hydrogens (tertiary/aromatic N) is 5. The summed E-state index contributed by atoms with van der Waals surface area (Å²) in [6, 6.07) is 1.80. The van der Waals surface area contributed by atoms with E-state index in [1.165, 1.54) is 25.6 Å². The van der Waals surface area contributed by atoms with E-state index in [2.05, 4.69) is 24.8 Å². The molecule has 0 spiro atoms. The number of ether oxygens (including phenoxy) is 1. The van der Waals surface area contributed by atoms with Gasteiger partial charge in [0, 0.05) is 25.4 Å². The summed E-state index contributed by atoms with van der Waals surface area (Å²) in [5.74, 6) is 3.97. The summed E-state index contributed by atoms with van der Waals surface area (Å²) in [5.41, 5.74) is 0. The Labute approximate surface area is 152 Å². The van der Waals surface area contributed by atoms with Gasteiger partial charge >= 0.3 is 0 Å². The second-order valence-electron chi connectivity index (χ2n) is 6.87. The van der Waals surface area contributed by atoms with Crippen molar-refractivity contribution in [2.45, 2.75) is 25.7 Å². The van der Waals surface area contributed by atoms with E-state index in [1.54, 1.807) is 24.7 Å². The smallest absolute Gasteiger partial charge is 0.225 e. The van der Waals surface area contributed by atoms with Crippen LogP contribution in [-0.2, 0) is 0 Å². The number of aromatic nitrogens is 4. The zero-order valence-electron chi connectivity index (χ0n) is 14.1. The first kappa shape index (κ1) is 16.5. The summed E-state index contributed by atoms with van der Waals surface area (Å²) in [6.45, 7) is 2.82. The van der Waals surface area contributed by atoms with Crippen molar-refractivity contribution in [2.24, 2.45) is 17.8 Å². The Morgan fingerprint density at radius 2 is 1.96 bits per heavy atom. The van der Waals surface area contributed by atoms with Gasteiger partial charge < -0.3 is 9.64 Å². The quantitative estimate of drug-likeness (QED) is 0.789. The molecule has 4 rings (SSSR count). The minimum Gasteiger partial charge on any atom is -0.478 e. The minimum absolute atomic E-state index is 0.587. The first-order chi connectivity index (χ1) is 12.3. The molecule has 2 aromatic rings. The Morgan fingerprint density at radius 3 is 2.68 bits per heavy atom. The second kappa shape index (κ2) is 7.52. The van der Waals surface area contributed by atoms with Crippen LogP contribution in [0.5, 0.6) is 5.88 Å². The monoisotopic (exact) mass is 359 g/mol. The van der Waals surface area contributed by atoms with E-state index in [0.717, 1.165) is 49.8 Å². The normalized spacial score (nSPS) is 23.5. The van der Waals surface area contributed by atoms with Gasteiger partial charge in [0.05, 0.1) is 24.0 Å². The van der Waals surface area contributed by atoms with Gasteiger partial charge in [0.25, 0.3) is 0 Å². The van der Waals surface area contributed by atoms with Crippen molar-refractivity contribution in [3.05, 3.63) is 36.0 Å². The van der Waals surface area contributed by atoms with Crippen LogP contribution in [0.2, 0.25) is 5.02 Å². The lowest BCUT2D eigenvalue weighted by Crippen LogP contribution is -2.35. The van der Waals surface area contributed by atoms with Crippen LogP contribution >= 0.6 is 11.6 Å². The molecule has 0 bridgehead atoms. The molecule has 0 radical (unpaired) electrons. The van der Waals surface area contributed by atoms with Gasteiger partial charge in [0.2, 0.25) is 11.8 Å². The number of hydrogen-bond acceptors (Lipinski definition) is 6. The highest BCUT2D eigenvalue weighted by Crippen LogP contribution is 2.49. The predicted molar refractivity (Wildman–Crippen MR) is 95.7 cm³/mol. The molecule has 0 N–H and O–H groups in total. The molecule has 2 atom stereocenters. The van der Waals surface area contributed by atoms with Crippen LogP contribution in [0.15, 0.2) is 31.0 Å². The SMILES string of the molecule is Clc1cnc(N2CCC([C@@H]3C[C@@H]3CCOc3ccncn3)CC2)nc1. The van der Waals surface area contributed by atoms with Gasteiger partial charge in [-0.05, 0) is 43.4 Å². The van der Waals surface area contributed by atoms with Gasteiger partial charge in [-0.3, -0.25) is 0 Å². The molecule has 0 amide bonds. The molecule has 0 unspecified atom stereocenters. The molecule has 1 saturated heterocycles. The molecule has 1 saturated carbocycles. The number of rotatable bonds is 6. The van der Waals surface area contributed by atoms with E-state index in [-0.39, 0.29) is 0 Å². The average Bonchev–Trinajstić information content (AvgIpc) is 3.43. The molecule has 1 aliphatic carbocycles. The van der Waals surface area contributed by atoms with E-state index in [0.29, 0.717) is 10.9 Å². The van der Waals surface area contributed by atoms with Crippen molar-refractivity contribution in [3.8, 4) is 5.88 Å². The van der Waals surface area contributed by atoms with Crippen molar-refractivity contribution in [3.63, 3.8) is 0 Å². The molecule has 7 heteroatoms. The van der Waals surface area contributed by atoms with Crippen molar-refractivity contribution < 1.29 is 4.74 Å². The summed E-state index contributed by atoms with van der Waals surface area (Å²) in [7, 11) is 0. The Hall–Kier alpha value is -1.95. The van der Waals surface area contributed by atoms with E-state index >= 15 is 0 Å². The van der Waals surface area contributed by atoms with Crippen LogP contribution in [-0.4, -0.2) is 39.6 Å². The first-order valence-corrected chi connectivity index (χ1v) is 9.28. The number of anilines is 1. The van der Waals surface area contributed by atoms with Crippen LogP contribution in [0, 0.1) is 17.8 Å². The third kappa shape index (κ3) is 4.18. The maximum Gasteiger partial charge on any atom is 0.225 e. The second-order valence-corrected chi connectivity index (χ2v) is 7.31. The summed E-state index contributed by atoms with van der Waals surface area (Å²) >= 11 is 5.86. The molecular formula is C18H22ClN5O. The topological polar surface area (TPSA) is 64.0 Å². The molecule has 6 nitrogen and oxygen atoms in total. The van der Waals surface area contributed by atoms with Crippen molar-refractivity contribution in [2.75, 3.05) is 24.6 Å². The van der Waals surface area contributed by atoms with Gasteiger partial charge in [-0.15, -0.1) is 0 Å². The fourth-order valence-corrected chi connectivity index (χ4v) is 3.95. The molecule has 2 aromatic heterocycles. The van der Waals surface area contributed by atoms with Gasteiger partial charge in [-0.2, -0.15) is 0 Å². The van der Waals surface area contributed by atoms with Crippen molar-refractivity contribution in [1.29, 1.82) is 0 Å². The molecule has 132 valence electrons. The largest absolute Gasteiger partial charge is 0.478 e. The van der Waals surface area contributed by atoms with Gasteiger partial charge in [-0.25, -0.2) is 19.9 Å². The van der Waals surface area contributed by atoms with Crippen LogP contribution in [0.4, 0.5) is 5.95 Å². The van der Waals surface area contributed by atoms with Crippen LogP contribution in [0.25, 0.3) is 0 Å². The number of halogens is 1. The van der Waals surface area contributed by atoms with Crippen molar-refractivity contribution >= 4 is 17.5 Å². The maximum atomic E-state index is 5.86. The zero-order chi connectivity index (χ0) is 17.1. The Balaban J connectivity index is 1.18. The lowest BCUT2D eigenvalue weighted by molar-refractivity contribution is 0.275. The molecule has 1 aliphatic heterocycles. The standard InChI is InChI=1S/C18H22ClN5O/c19-15-10-21-18(22-11-15)24-6-2-13(3-7-24)16-9-14(16)4-8-25-17-1-5-20-12-23-17/h1,5,10-14,16H,2-4,6-9H2/t14-,16-/m0/s1. The Morgan fingerprint density at radius 1 is 1.16 bits per heavy atom. The molecule has 0 aromatic carbocycles. The van der Waals surface area contributed by atoms with Gasteiger partial charge in [-0.1, -0.05) is 11.6 Å². The number of piperidine rings is 1. The highest BCUT2D eigenvalue weighted by Gasteiger charge is 2.43. The van der Waals surface area contributed by atoms with Crippen LogP contribution in [0.3, 0.4) is 0 Å². The third-order valence-electron chi connectivity index (χ3n) is 5.31. The van der Waals surface area contributed by atoms with Crippen LogP contribution in [0.1, 0.15) is 25.7 Å². The zero-order valence-corrected chi connectivity index (χ0v) is 14.8. The predicted octanol–water partition coefficient (Wildman–Crippen LogP) is 3.24. The van der Waals surface area contributed by atoms with E-state index < -0.39 is 0 Å². The van der Waals surface area contributed by atoms with Gasteiger partial charge in [0.15, 0.2) is 0 Å². The summed E-state index contributed by atoms with van der Waals surface area (Å²) in [4.78, 5) is 18.9. The van der Waals surface area contributed by atoms with Crippen molar-refractivity contribution in [1.82, 2.24) is 19.9 Å². The summed E-state index contributed by atoms with van der Waals surface area (Å²) < 4.78 is 5.69. The van der Waals surface area contributed by atoms with Gasteiger partial charge in [0.1, 0.15) is 6.33 Å². The molecule has 2 aliphatic rings. The average molecular weight is 360 g/mol. The fraction of sp³-hybridized carbons (Fsp3) is 0.556. The Bertz CT molecular complexity index is 676.